The van der Waals surface area contributed by atoms with Crippen LogP contribution in [0.2, 0.25) is 0 Å². The van der Waals surface area contributed by atoms with Crippen LogP contribution >= 0.6 is 0 Å². The number of aliphatic imine (C=N–C) groups is 1. The predicted octanol–water partition coefficient (Wildman–Crippen LogP) is -0.228. The van der Waals surface area contributed by atoms with Crippen LogP contribution in [0.3, 0.4) is 0 Å². The third-order valence-corrected chi connectivity index (χ3v) is 2.41. The molecule has 0 spiro atoms. The largest absolute Gasteiger partial charge is 0.357 e. The SMILES string of the molecule is C=CCNC(=NCCS(C)(=O)=O)NCC. The van der Waals surface area contributed by atoms with E-state index in [-0.39, 0.29) is 12.3 Å². The summed E-state index contributed by atoms with van der Waals surface area (Å²) < 4.78 is 21.7. The van der Waals surface area contributed by atoms with E-state index in [1.54, 1.807) is 6.08 Å². The Morgan fingerprint density at radius 3 is 2.60 bits per heavy atom. The first kappa shape index (κ1) is 14.0. The minimum Gasteiger partial charge on any atom is -0.357 e. The molecule has 0 saturated heterocycles. The molecule has 0 aromatic rings. The molecule has 15 heavy (non-hydrogen) atoms. The Balaban J connectivity index is 4.10. The lowest BCUT2D eigenvalue weighted by Gasteiger charge is -2.08. The van der Waals surface area contributed by atoms with Crippen molar-refractivity contribution < 1.29 is 8.42 Å². The van der Waals surface area contributed by atoms with Gasteiger partial charge < -0.3 is 10.6 Å². The fourth-order valence-corrected chi connectivity index (χ4v) is 1.26. The number of hydrogen-bond donors (Lipinski definition) is 2. The normalized spacial score (nSPS) is 12.3. The van der Waals surface area contributed by atoms with Gasteiger partial charge in [0.1, 0.15) is 9.84 Å². The van der Waals surface area contributed by atoms with E-state index in [2.05, 4.69) is 22.2 Å². The van der Waals surface area contributed by atoms with Crippen LogP contribution in [-0.4, -0.2) is 46.0 Å². The van der Waals surface area contributed by atoms with Crippen molar-refractivity contribution in [3.8, 4) is 0 Å². The molecule has 0 fully saturated rings. The molecular weight excluding hydrogens is 214 g/mol. The van der Waals surface area contributed by atoms with Crippen LogP contribution < -0.4 is 10.6 Å². The van der Waals surface area contributed by atoms with Gasteiger partial charge in [0.05, 0.1) is 12.3 Å². The molecule has 2 N–H and O–H groups in total. The zero-order valence-electron chi connectivity index (χ0n) is 9.28. The van der Waals surface area contributed by atoms with Crippen LogP contribution in [0.4, 0.5) is 0 Å². The lowest BCUT2D eigenvalue weighted by molar-refractivity contribution is 0.601. The van der Waals surface area contributed by atoms with E-state index in [4.69, 9.17) is 0 Å². The molecule has 0 atom stereocenters. The van der Waals surface area contributed by atoms with Gasteiger partial charge in [-0.25, -0.2) is 8.42 Å². The number of guanidine groups is 1. The maximum absolute atomic E-state index is 10.9. The topological polar surface area (TPSA) is 70.6 Å². The summed E-state index contributed by atoms with van der Waals surface area (Å²) in [5, 5.41) is 5.98. The quantitative estimate of drug-likeness (QED) is 0.378. The molecule has 0 aliphatic carbocycles. The Morgan fingerprint density at radius 2 is 2.13 bits per heavy atom. The van der Waals surface area contributed by atoms with Crippen molar-refractivity contribution in [3.05, 3.63) is 12.7 Å². The molecule has 0 rings (SSSR count). The molecule has 0 aliphatic heterocycles. The van der Waals surface area contributed by atoms with E-state index < -0.39 is 9.84 Å². The van der Waals surface area contributed by atoms with Crippen LogP contribution in [0.25, 0.3) is 0 Å². The smallest absolute Gasteiger partial charge is 0.191 e. The minimum atomic E-state index is -2.94. The maximum atomic E-state index is 10.9. The Morgan fingerprint density at radius 1 is 1.47 bits per heavy atom. The summed E-state index contributed by atoms with van der Waals surface area (Å²) in [4.78, 5) is 4.10. The zero-order valence-corrected chi connectivity index (χ0v) is 10.1. The van der Waals surface area contributed by atoms with Crippen molar-refractivity contribution in [2.24, 2.45) is 4.99 Å². The number of nitrogens with one attached hydrogen (secondary N) is 2. The number of rotatable bonds is 6. The number of hydrogen-bond acceptors (Lipinski definition) is 3. The van der Waals surface area contributed by atoms with Gasteiger partial charge in [-0.05, 0) is 6.92 Å². The second-order valence-corrected chi connectivity index (χ2v) is 5.32. The van der Waals surface area contributed by atoms with Crippen molar-refractivity contribution in [2.75, 3.05) is 31.6 Å². The number of nitrogens with zero attached hydrogens (tertiary/aromatic N) is 1. The molecule has 6 heteroatoms. The molecule has 88 valence electrons. The van der Waals surface area contributed by atoms with Crippen LogP contribution in [0.15, 0.2) is 17.6 Å². The van der Waals surface area contributed by atoms with Gasteiger partial charge in [0, 0.05) is 19.3 Å². The molecule has 0 bridgehead atoms. The van der Waals surface area contributed by atoms with E-state index in [0.29, 0.717) is 12.5 Å². The Kier molecular flexibility index (Phi) is 6.77. The average Bonchev–Trinajstić information content (AvgIpc) is 2.12. The maximum Gasteiger partial charge on any atom is 0.191 e. The Bertz CT molecular complexity index is 309. The summed E-state index contributed by atoms with van der Waals surface area (Å²) in [5.74, 6) is 0.679. The zero-order chi connectivity index (χ0) is 11.7. The molecule has 0 heterocycles. The minimum absolute atomic E-state index is 0.0671. The summed E-state index contributed by atoms with van der Waals surface area (Å²) in [7, 11) is -2.94. The highest BCUT2D eigenvalue weighted by molar-refractivity contribution is 7.90. The third-order valence-electron chi connectivity index (χ3n) is 1.49. The van der Waals surface area contributed by atoms with E-state index in [1.807, 2.05) is 6.92 Å². The van der Waals surface area contributed by atoms with E-state index >= 15 is 0 Å². The summed E-state index contributed by atoms with van der Waals surface area (Å²) >= 11 is 0. The molecule has 0 amide bonds. The molecule has 0 saturated carbocycles. The molecule has 0 radical (unpaired) electrons. The first-order valence-corrected chi connectivity index (χ1v) is 6.86. The van der Waals surface area contributed by atoms with Gasteiger partial charge >= 0.3 is 0 Å². The summed E-state index contributed by atoms with van der Waals surface area (Å²) in [6.07, 6.45) is 2.91. The molecule has 0 unspecified atom stereocenters. The van der Waals surface area contributed by atoms with Crippen LogP contribution in [-0.2, 0) is 9.84 Å². The Hall–Kier alpha value is -1.04. The summed E-state index contributed by atoms with van der Waals surface area (Å²) in [6.45, 7) is 7.13. The summed E-state index contributed by atoms with van der Waals surface area (Å²) in [5.41, 5.74) is 0. The van der Waals surface area contributed by atoms with Gasteiger partial charge in [0.25, 0.3) is 0 Å². The summed E-state index contributed by atoms with van der Waals surface area (Å²) in [6, 6.07) is 0. The standard InChI is InChI=1S/C9H19N3O2S/c1-4-6-11-9(10-5-2)12-7-8-15(3,13)14/h4H,1,5-8H2,2-3H3,(H2,10,11,12). The molecule has 0 aromatic carbocycles. The first-order valence-electron chi connectivity index (χ1n) is 4.80. The van der Waals surface area contributed by atoms with E-state index in [9.17, 15) is 8.42 Å². The first-order chi connectivity index (χ1) is 6.99. The third kappa shape index (κ3) is 9.27. The Labute approximate surface area is 91.6 Å². The van der Waals surface area contributed by atoms with E-state index in [1.165, 1.54) is 6.26 Å². The second kappa shape index (κ2) is 7.28. The van der Waals surface area contributed by atoms with Crippen LogP contribution in [0, 0.1) is 0 Å². The molecule has 0 aromatic heterocycles. The molecular formula is C9H19N3O2S. The average molecular weight is 233 g/mol. The van der Waals surface area contributed by atoms with Gasteiger partial charge in [-0.3, -0.25) is 4.99 Å². The number of sulfone groups is 1. The van der Waals surface area contributed by atoms with Gasteiger partial charge in [-0.2, -0.15) is 0 Å². The van der Waals surface area contributed by atoms with Crippen molar-refractivity contribution in [3.63, 3.8) is 0 Å². The lowest BCUT2D eigenvalue weighted by atomic mass is 10.6. The van der Waals surface area contributed by atoms with Crippen molar-refractivity contribution in [1.29, 1.82) is 0 Å². The fourth-order valence-electron chi connectivity index (χ4n) is 0.834. The van der Waals surface area contributed by atoms with Gasteiger partial charge in [0.15, 0.2) is 5.96 Å². The molecule has 0 aliphatic rings. The highest BCUT2D eigenvalue weighted by atomic mass is 32.2. The van der Waals surface area contributed by atoms with Crippen molar-refractivity contribution >= 4 is 15.8 Å². The van der Waals surface area contributed by atoms with E-state index in [0.717, 1.165) is 6.54 Å². The fraction of sp³-hybridized carbons (Fsp3) is 0.667. The van der Waals surface area contributed by atoms with Crippen molar-refractivity contribution in [1.82, 2.24) is 10.6 Å². The monoisotopic (exact) mass is 233 g/mol. The highest BCUT2D eigenvalue weighted by Gasteiger charge is 2.01. The second-order valence-electron chi connectivity index (χ2n) is 3.06. The van der Waals surface area contributed by atoms with Crippen LogP contribution in [0.1, 0.15) is 6.92 Å². The van der Waals surface area contributed by atoms with Crippen LogP contribution in [0.5, 0.6) is 0 Å². The van der Waals surface area contributed by atoms with Crippen molar-refractivity contribution in [2.45, 2.75) is 6.92 Å². The van der Waals surface area contributed by atoms with Gasteiger partial charge in [-0.15, -0.1) is 6.58 Å². The highest BCUT2D eigenvalue weighted by Crippen LogP contribution is 1.83. The predicted molar refractivity (Wildman–Crippen MR) is 63.9 cm³/mol. The molecule has 5 nitrogen and oxygen atoms in total. The van der Waals surface area contributed by atoms with Gasteiger partial charge in [-0.1, -0.05) is 6.08 Å². The van der Waals surface area contributed by atoms with Gasteiger partial charge in [0.2, 0.25) is 0 Å². The lowest BCUT2D eigenvalue weighted by Crippen LogP contribution is -2.37.